The summed E-state index contributed by atoms with van der Waals surface area (Å²) < 4.78 is 5.61. The molecule has 0 radical (unpaired) electrons. The molecular formula is C13H17NO2. The Kier molecular flexibility index (Phi) is 2.97. The lowest BCUT2D eigenvalue weighted by molar-refractivity contribution is -0.140. The zero-order valence-electron chi connectivity index (χ0n) is 9.48. The van der Waals surface area contributed by atoms with Crippen LogP contribution in [0, 0.1) is 0 Å². The first-order valence-electron chi connectivity index (χ1n) is 5.69. The first kappa shape index (κ1) is 11.1. The second kappa shape index (κ2) is 4.26. The van der Waals surface area contributed by atoms with Crippen LogP contribution in [0.25, 0.3) is 0 Å². The Bertz CT molecular complexity index is 377. The Hall–Kier alpha value is -1.35. The molecule has 2 rings (SSSR count). The molecule has 0 heterocycles. The van der Waals surface area contributed by atoms with Gasteiger partial charge in [0.1, 0.15) is 0 Å². The maximum absolute atomic E-state index is 11.7. The lowest BCUT2D eigenvalue weighted by Crippen LogP contribution is -2.58. The fourth-order valence-electron chi connectivity index (χ4n) is 2.47. The van der Waals surface area contributed by atoms with Gasteiger partial charge < -0.3 is 10.5 Å². The van der Waals surface area contributed by atoms with Crippen molar-refractivity contribution in [1.82, 2.24) is 0 Å². The number of nitrogens with two attached hydrogens (primary N) is 1. The molecule has 1 aromatic carbocycles. The van der Waals surface area contributed by atoms with Gasteiger partial charge in [0.15, 0.2) is 0 Å². The van der Waals surface area contributed by atoms with Crippen LogP contribution in [-0.4, -0.2) is 18.6 Å². The first-order valence-corrected chi connectivity index (χ1v) is 5.69. The van der Waals surface area contributed by atoms with Crippen molar-refractivity contribution in [2.75, 3.05) is 6.61 Å². The van der Waals surface area contributed by atoms with Gasteiger partial charge in [0.2, 0.25) is 5.91 Å². The van der Waals surface area contributed by atoms with Gasteiger partial charge in [-0.2, -0.15) is 0 Å². The molecule has 0 bridgehead atoms. The number of carbonyl (C=O) groups excluding carboxylic acids is 1. The zero-order valence-corrected chi connectivity index (χ0v) is 9.48. The lowest BCUT2D eigenvalue weighted by atomic mass is 9.61. The van der Waals surface area contributed by atoms with E-state index < -0.39 is 5.41 Å². The molecule has 0 aromatic heterocycles. The minimum Gasteiger partial charge on any atom is -0.377 e. The van der Waals surface area contributed by atoms with Gasteiger partial charge in [-0.1, -0.05) is 30.3 Å². The Morgan fingerprint density at radius 3 is 2.62 bits per heavy atom. The normalized spacial score (nSPS) is 28.4. The van der Waals surface area contributed by atoms with Crippen LogP contribution >= 0.6 is 0 Å². The molecule has 1 aromatic rings. The van der Waals surface area contributed by atoms with Crippen molar-refractivity contribution in [3.63, 3.8) is 0 Å². The van der Waals surface area contributed by atoms with E-state index in [-0.39, 0.29) is 12.0 Å². The molecule has 86 valence electrons. The largest absolute Gasteiger partial charge is 0.377 e. The summed E-state index contributed by atoms with van der Waals surface area (Å²) in [5.74, 6) is -0.275. The van der Waals surface area contributed by atoms with E-state index in [2.05, 4.69) is 0 Å². The van der Waals surface area contributed by atoms with Crippen LogP contribution in [0.15, 0.2) is 30.3 Å². The Balaban J connectivity index is 2.34. The van der Waals surface area contributed by atoms with Gasteiger partial charge in [-0.25, -0.2) is 0 Å². The molecule has 2 atom stereocenters. The fourth-order valence-corrected chi connectivity index (χ4v) is 2.47. The molecule has 0 spiro atoms. The second-order valence-corrected chi connectivity index (χ2v) is 4.18. The number of hydrogen-bond donors (Lipinski definition) is 1. The van der Waals surface area contributed by atoms with Crippen molar-refractivity contribution < 1.29 is 9.53 Å². The van der Waals surface area contributed by atoms with Crippen molar-refractivity contribution >= 4 is 5.91 Å². The predicted octanol–water partition coefficient (Wildman–Crippen LogP) is 1.61. The van der Waals surface area contributed by atoms with Gasteiger partial charge >= 0.3 is 0 Å². The van der Waals surface area contributed by atoms with Crippen LogP contribution in [0.3, 0.4) is 0 Å². The summed E-state index contributed by atoms with van der Waals surface area (Å²) in [5.41, 5.74) is 5.95. The number of primary amides is 1. The molecule has 1 amide bonds. The maximum Gasteiger partial charge on any atom is 0.230 e. The number of benzene rings is 1. The van der Waals surface area contributed by atoms with Crippen LogP contribution in [0.1, 0.15) is 25.3 Å². The minimum atomic E-state index is -0.600. The van der Waals surface area contributed by atoms with Gasteiger partial charge in [-0.15, -0.1) is 0 Å². The quantitative estimate of drug-likeness (QED) is 0.836. The summed E-state index contributed by atoms with van der Waals surface area (Å²) in [6, 6.07) is 9.71. The van der Waals surface area contributed by atoms with E-state index in [4.69, 9.17) is 10.5 Å². The molecule has 2 unspecified atom stereocenters. The lowest BCUT2D eigenvalue weighted by Gasteiger charge is -2.46. The molecule has 1 aliphatic rings. The number of carbonyl (C=O) groups is 1. The molecule has 0 saturated heterocycles. The molecule has 3 heteroatoms. The Labute approximate surface area is 95.6 Å². The van der Waals surface area contributed by atoms with E-state index in [9.17, 15) is 4.79 Å². The summed E-state index contributed by atoms with van der Waals surface area (Å²) in [7, 11) is 0. The van der Waals surface area contributed by atoms with Crippen molar-refractivity contribution in [3.05, 3.63) is 35.9 Å². The second-order valence-electron chi connectivity index (χ2n) is 4.18. The third-order valence-corrected chi connectivity index (χ3v) is 3.45. The zero-order chi connectivity index (χ0) is 11.6. The average Bonchev–Trinajstić information content (AvgIpc) is 2.26. The van der Waals surface area contributed by atoms with Crippen molar-refractivity contribution in [2.45, 2.75) is 31.3 Å². The maximum atomic E-state index is 11.7. The standard InChI is InChI=1S/C13H17NO2/c1-2-16-11-8-9-13(11,12(14)15)10-6-4-3-5-7-10/h3-7,11H,2,8-9H2,1H3,(H2,14,15). The summed E-state index contributed by atoms with van der Waals surface area (Å²) in [6.07, 6.45) is 1.64. The van der Waals surface area contributed by atoms with E-state index in [1.54, 1.807) is 0 Å². The highest BCUT2D eigenvalue weighted by Gasteiger charge is 2.53. The van der Waals surface area contributed by atoms with Crippen LogP contribution in [0.5, 0.6) is 0 Å². The van der Waals surface area contributed by atoms with Crippen LogP contribution in [0.2, 0.25) is 0 Å². The van der Waals surface area contributed by atoms with Gasteiger partial charge in [0.05, 0.1) is 11.5 Å². The van der Waals surface area contributed by atoms with Crippen molar-refractivity contribution in [3.8, 4) is 0 Å². The van der Waals surface area contributed by atoms with Crippen LogP contribution in [0.4, 0.5) is 0 Å². The monoisotopic (exact) mass is 219 g/mol. The summed E-state index contributed by atoms with van der Waals surface area (Å²) in [4.78, 5) is 11.7. The third kappa shape index (κ3) is 1.52. The number of amides is 1. The highest BCUT2D eigenvalue weighted by molar-refractivity contribution is 5.88. The van der Waals surface area contributed by atoms with Gasteiger partial charge in [-0.05, 0) is 25.3 Å². The topological polar surface area (TPSA) is 52.3 Å². The molecular weight excluding hydrogens is 202 g/mol. The predicted molar refractivity (Wildman–Crippen MR) is 62.0 cm³/mol. The van der Waals surface area contributed by atoms with E-state index in [1.807, 2.05) is 37.3 Å². The first-order chi connectivity index (χ1) is 7.71. The van der Waals surface area contributed by atoms with Crippen LogP contribution in [-0.2, 0) is 14.9 Å². The summed E-state index contributed by atoms with van der Waals surface area (Å²) in [5, 5.41) is 0. The third-order valence-electron chi connectivity index (χ3n) is 3.45. The van der Waals surface area contributed by atoms with E-state index >= 15 is 0 Å². The van der Waals surface area contributed by atoms with Crippen molar-refractivity contribution in [2.24, 2.45) is 5.73 Å². The summed E-state index contributed by atoms with van der Waals surface area (Å²) >= 11 is 0. The minimum absolute atomic E-state index is 0.0580. The smallest absolute Gasteiger partial charge is 0.230 e. The Morgan fingerprint density at radius 2 is 2.19 bits per heavy atom. The highest BCUT2D eigenvalue weighted by atomic mass is 16.5. The van der Waals surface area contributed by atoms with Crippen LogP contribution < -0.4 is 5.73 Å². The van der Waals surface area contributed by atoms with E-state index in [0.717, 1.165) is 18.4 Å². The van der Waals surface area contributed by atoms with Gasteiger partial charge in [0, 0.05) is 6.61 Å². The molecule has 1 aliphatic carbocycles. The number of hydrogen-bond acceptors (Lipinski definition) is 2. The fraction of sp³-hybridized carbons (Fsp3) is 0.462. The van der Waals surface area contributed by atoms with Crippen molar-refractivity contribution in [1.29, 1.82) is 0 Å². The molecule has 2 N–H and O–H groups in total. The highest BCUT2D eigenvalue weighted by Crippen LogP contribution is 2.45. The molecule has 16 heavy (non-hydrogen) atoms. The molecule has 1 saturated carbocycles. The Morgan fingerprint density at radius 1 is 1.50 bits per heavy atom. The number of ether oxygens (including phenoxy) is 1. The molecule has 1 fully saturated rings. The molecule has 0 aliphatic heterocycles. The SMILES string of the molecule is CCOC1CCC1(C(N)=O)c1ccccc1. The average molecular weight is 219 g/mol. The van der Waals surface area contributed by atoms with Gasteiger partial charge in [-0.3, -0.25) is 4.79 Å². The number of rotatable bonds is 4. The van der Waals surface area contributed by atoms with E-state index in [0.29, 0.717) is 6.61 Å². The van der Waals surface area contributed by atoms with E-state index in [1.165, 1.54) is 0 Å². The summed E-state index contributed by atoms with van der Waals surface area (Å²) in [6.45, 7) is 2.56. The van der Waals surface area contributed by atoms with Gasteiger partial charge in [0.25, 0.3) is 0 Å². The molecule has 3 nitrogen and oxygen atoms in total.